The second kappa shape index (κ2) is 7.79. The lowest BCUT2D eigenvalue weighted by molar-refractivity contribution is 0.102. The van der Waals surface area contributed by atoms with Crippen LogP contribution in [0.2, 0.25) is 0 Å². The number of carbonyl (C=O) groups is 1. The number of carbonyl (C=O) groups excluding carboxylic acids is 1. The lowest BCUT2D eigenvalue weighted by atomic mass is 10.2. The maximum atomic E-state index is 12.3. The maximum Gasteiger partial charge on any atom is 0.256 e. The van der Waals surface area contributed by atoms with Gasteiger partial charge >= 0.3 is 0 Å². The average molecular weight is 382 g/mol. The van der Waals surface area contributed by atoms with Gasteiger partial charge in [0.2, 0.25) is 0 Å². The molecule has 4 heteroatoms. The molecule has 0 saturated carbocycles. The van der Waals surface area contributed by atoms with E-state index in [4.69, 9.17) is 4.74 Å². The van der Waals surface area contributed by atoms with Crippen LogP contribution in [0.5, 0.6) is 5.75 Å². The van der Waals surface area contributed by atoms with E-state index in [1.54, 1.807) is 6.07 Å². The van der Waals surface area contributed by atoms with Gasteiger partial charge in [-0.3, -0.25) is 4.79 Å². The molecule has 0 aliphatic rings. The Kier molecular flexibility index (Phi) is 5.29. The van der Waals surface area contributed by atoms with Gasteiger partial charge in [-0.25, -0.2) is 0 Å². The van der Waals surface area contributed by atoms with E-state index in [2.05, 4.69) is 21.2 Å². The van der Waals surface area contributed by atoms with Crippen molar-refractivity contribution in [2.75, 3.05) is 5.32 Å². The highest BCUT2D eigenvalue weighted by atomic mass is 79.9. The Morgan fingerprint density at radius 2 is 1.67 bits per heavy atom. The summed E-state index contributed by atoms with van der Waals surface area (Å²) in [7, 11) is 0. The van der Waals surface area contributed by atoms with E-state index in [1.165, 1.54) is 0 Å². The van der Waals surface area contributed by atoms with Gasteiger partial charge in [-0.05, 0) is 45.8 Å². The molecule has 0 atom stereocenters. The van der Waals surface area contributed by atoms with Crippen molar-refractivity contribution in [3.8, 4) is 5.75 Å². The Morgan fingerprint density at radius 1 is 0.917 bits per heavy atom. The minimum atomic E-state index is -0.164. The van der Waals surface area contributed by atoms with Crippen molar-refractivity contribution in [3.63, 3.8) is 0 Å². The van der Waals surface area contributed by atoms with E-state index in [9.17, 15) is 4.79 Å². The van der Waals surface area contributed by atoms with E-state index >= 15 is 0 Å². The van der Waals surface area contributed by atoms with Crippen LogP contribution >= 0.6 is 15.9 Å². The van der Waals surface area contributed by atoms with E-state index in [1.807, 2.05) is 72.8 Å². The van der Waals surface area contributed by atoms with Crippen LogP contribution in [0.1, 0.15) is 15.9 Å². The van der Waals surface area contributed by atoms with E-state index in [0.717, 1.165) is 10.0 Å². The third-order valence-corrected chi connectivity index (χ3v) is 4.15. The minimum absolute atomic E-state index is 0.164. The SMILES string of the molecule is O=C(Nc1cccc(OCc2ccccc2)c1)c1ccccc1Br. The first kappa shape index (κ1) is 16.3. The molecule has 0 fully saturated rings. The molecule has 0 aliphatic heterocycles. The van der Waals surface area contributed by atoms with Gasteiger partial charge in [-0.1, -0.05) is 48.5 Å². The number of ether oxygens (including phenoxy) is 1. The molecule has 0 aromatic heterocycles. The summed E-state index contributed by atoms with van der Waals surface area (Å²) in [6.45, 7) is 0.489. The molecule has 3 aromatic carbocycles. The summed E-state index contributed by atoms with van der Waals surface area (Å²) in [6.07, 6.45) is 0. The Hall–Kier alpha value is -2.59. The molecule has 3 nitrogen and oxygen atoms in total. The maximum absolute atomic E-state index is 12.3. The molecule has 1 N–H and O–H groups in total. The largest absolute Gasteiger partial charge is 0.489 e. The first-order chi connectivity index (χ1) is 11.7. The Morgan fingerprint density at radius 3 is 2.46 bits per heavy atom. The van der Waals surface area contributed by atoms with Gasteiger partial charge < -0.3 is 10.1 Å². The van der Waals surface area contributed by atoms with E-state index in [0.29, 0.717) is 23.6 Å². The zero-order valence-corrected chi connectivity index (χ0v) is 14.5. The number of anilines is 1. The van der Waals surface area contributed by atoms with Crippen LogP contribution in [0.15, 0.2) is 83.3 Å². The number of amides is 1. The highest BCUT2D eigenvalue weighted by molar-refractivity contribution is 9.10. The van der Waals surface area contributed by atoms with Gasteiger partial charge in [-0.2, -0.15) is 0 Å². The van der Waals surface area contributed by atoms with Crippen molar-refractivity contribution in [2.45, 2.75) is 6.61 Å². The van der Waals surface area contributed by atoms with Crippen LogP contribution in [0.4, 0.5) is 5.69 Å². The molecule has 0 spiro atoms. The van der Waals surface area contributed by atoms with Gasteiger partial charge in [0.25, 0.3) is 5.91 Å². The van der Waals surface area contributed by atoms with E-state index in [-0.39, 0.29) is 5.91 Å². The summed E-state index contributed by atoms with van der Waals surface area (Å²) in [5.41, 5.74) is 2.38. The molecule has 3 aromatic rings. The van der Waals surface area contributed by atoms with Gasteiger partial charge in [-0.15, -0.1) is 0 Å². The van der Waals surface area contributed by atoms with E-state index < -0.39 is 0 Å². The van der Waals surface area contributed by atoms with Crippen molar-refractivity contribution in [2.24, 2.45) is 0 Å². The molecule has 3 rings (SSSR count). The molecule has 0 saturated heterocycles. The molecule has 1 amide bonds. The summed E-state index contributed by atoms with van der Waals surface area (Å²) in [5, 5.41) is 2.89. The molecular weight excluding hydrogens is 366 g/mol. The summed E-state index contributed by atoms with van der Waals surface area (Å²) in [6, 6.07) is 24.7. The fourth-order valence-corrected chi connectivity index (χ4v) is 2.71. The second-order valence-electron chi connectivity index (χ2n) is 5.24. The summed E-state index contributed by atoms with van der Waals surface area (Å²) < 4.78 is 6.55. The third-order valence-electron chi connectivity index (χ3n) is 3.46. The van der Waals surface area contributed by atoms with Crippen LogP contribution < -0.4 is 10.1 Å². The molecule has 0 bridgehead atoms. The van der Waals surface area contributed by atoms with Crippen molar-refractivity contribution in [3.05, 3.63) is 94.5 Å². The Bertz CT molecular complexity index is 834. The quantitative estimate of drug-likeness (QED) is 0.652. The molecular formula is C20H16BrNO2. The van der Waals surface area contributed by atoms with Crippen molar-refractivity contribution in [1.29, 1.82) is 0 Å². The number of nitrogens with one attached hydrogen (secondary N) is 1. The van der Waals surface area contributed by atoms with Crippen LogP contribution in [-0.4, -0.2) is 5.91 Å². The van der Waals surface area contributed by atoms with Crippen molar-refractivity contribution in [1.82, 2.24) is 0 Å². The Balaban J connectivity index is 1.67. The fraction of sp³-hybridized carbons (Fsp3) is 0.0500. The number of benzene rings is 3. The van der Waals surface area contributed by atoms with Gasteiger partial charge in [0.15, 0.2) is 0 Å². The molecule has 0 aliphatic carbocycles. The van der Waals surface area contributed by atoms with Crippen molar-refractivity contribution >= 4 is 27.5 Å². The first-order valence-electron chi connectivity index (χ1n) is 7.55. The zero-order valence-electron chi connectivity index (χ0n) is 12.9. The van der Waals surface area contributed by atoms with Crippen LogP contribution in [0.3, 0.4) is 0 Å². The summed E-state index contributed by atoms with van der Waals surface area (Å²) in [5.74, 6) is 0.548. The number of hydrogen-bond donors (Lipinski definition) is 1. The topological polar surface area (TPSA) is 38.3 Å². The predicted molar refractivity (Wildman–Crippen MR) is 99.3 cm³/mol. The zero-order chi connectivity index (χ0) is 16.8. The average Bonchev–Trinajstić information content (AvgIpc) is 2.61. The van der Waals surface area contributed by atoms with Gasteiger partial charge in [0.05, 0.1) is 5.56 Å². The minimum Gasteiger partial charge on any atom is -0.489 e. The number of rotatable bonds is 5. The first-order valence-corrected chi connectivity index (χ1v) is 8.34. The molecule has 0 unspecified atom stereocenters. The summed E-state index contributed by atoms with van der Waals surface area (Å²) >= 11 is 3.39. The van der Waals surface area contributed by atoms with Gasteiger partial charge in [0.1, 0.15) is 12.4 Å². The normalized spacial score (nSPS) is 10.2. The second-order valence-corrected chi connectivity index (χ2v) is 6.09. The highest BCUT2D eigenvalue weighted by Gasteiger charge is 2.09. The fourth-order valence-electron chi connectivity index (χ4n) is 2.25. The lowest BCUT2D eigenvalue weighted by Crippen LogP contribution is -2.12. The van der Waals surface area contributed by atoms with Crippen LogP contribution in [0, 0.1) is 0 Å². The molecule has 120 valence electrons. The smallest absolute Gasteiger partial charge is 0.256 e. The monoisotopic (exact) mass is 381 g/mol. The summed E-state index contributed by atoms with van der Waals surface area (Å²) in [4.78, 5) is 12.3. The lowest BCUT2D eigenvalue weighted by Gasteiger charge is -2.10. The van der Waals surface area contributed by atoms with Crippen molar-refractivity contribution < 1.29 is 9.53 Å². The molecule has 0 radical (unpaired) electrons. The third kappa shape index (κ3) is 4.24. The highest BCUT2D eigenvalue weighted by Crippen LogP contribution is 2.21. The number of hydrogen-bond acceptors (Lipinski definition) is 2. The van der Waals surface area contributed by atoms with Gasteiger partial charge in [0, 0.05) is 16.2 Å². The standard InChI is InChI=1S/C20H16BrNO2/c21-19-12-5-4-11-18(19)20(23)22-16-9-6-10-17(13-16)24-14-15-7-2-1-3-8-15/h1-13H,14H2,(H,22,23). The molecule has 24 heavy (non-hydrogen) atoms. The van der Waals surface area contributed by atoms with Crippen LogP contribution in [-0.2, 0) is 6.61 Å². The van der Waals surface area contributed by atoms with Crippen LogP contribution in [0.25, 0.3) is 0 Å². The number of halogens is 1. The molecule has 0 heterocycles. The predicted octanol–water partition coefficient (Wildman–Crippen LogP) is 5.28. The Labute approximate surface area is 149 Å².